The molecule has 0 atom stereocenters. The molecule has 0 aliphatic rings. The third kappa shape index (κ3) is 4.56. The molecule has 1 aromatic rings. The van der Waals surface area contributed by atoms with E-state index in [1.807, 2.05) is 0 Å². The first-order valence-electron chi connectivity index (χ1n) is 6.10. The summed E-state index contributed by atoms with van der Waals surface area (Å²) in [4.78, 5) is 0. The van der Waals surface area contributed by atoms with E-state index in [-0.39, 0.29) is 5.75 Å². The molecule has 0 aliphatic carbocycles. The van der Waals surface area contributed by atoms with E-state index in [1.54, 1.807) is 12.1 Å². The highest BCUT2D eigenvalue weighted by molar-refractivity contribution is 5.38. The monoisotopic (exact) mass is 222 g/mol. The third-order valence-electron chi connectivity index (χ3n) is 2.79. The maximum Gasteiger partial charge on any atom is 0.119 e. The van der Waals surface area contributed by atoms with Crippen LogP contribution in [0.4, 0.5) is 0 Å². The third-order valence-corrected chi connectivity index (χ3v) is 2.79. The summed E-state index contributed by atoms with van der Waals surface area (Å²) < 4.78 is 0. The molecule has 1 rings (SSSR count). The lowest BCUT2D eigenvalue weighted by molar-refractivity contribution is 0.451. The summed E-state index contributed by atoms with van der Waals surface area (Å²) in [6.07, 6.45) is 5.62. The second-order valence-corrected chi connectivity index (χ2v) is 4.81. The second kappa shape index (κ2) is 6.41. The van der Waals surface area contributed by atoms with Crippen molar-refractivity contribution >= 4 is 0 Å². The number of hydrogen-bond donors (Lipinski definition) is 2. The zero-order valence-corrected chi connectivity index (χ0v) is 10.2. The Morgan fingerprint density at radius 3 is 2.50 bits per heavy atom. The molecule has 2 nitrogen and oxygen atoms in total. The molecule has 1 aromatic carbocycles. The van der Waals surface area contributed by atoms with E-state index in [2.05, 4.69) is 13.8 Å². The Bertz CT molecular complexity index is 319. The van der Waals surface area contributed by atoms with Crippen molar-refractivity contribution in [2.24, 2.45) is 5.92 Å². The quantitative estimate of drug-likeness (QED) is 0.567. The van der Waals surface area contributed by atoms with Crippen LogP contribution in [0.5, 0.6) is 11.5 Å². The van der Waals surface area contributed by atoms with E-state index in [4.69, 9.17) is 0 Å². The molecule has 0 bridgehead atoms. The minimum absolute atomic E-state index is 0.231. The van der Waals surface area contributed by atoms with Crippen LogP contribution in [0, 0.1) is 5.92 Å². The molecule has 0 saturated carbocycles. The minimum atomic E-state index is 0.231. The number of phenols is 2. The van der Waals surface area contributed by atoms with E-state index in [0.29, 0.717) is 5.75 Å². The van der Waals surface area contributed by atoms with E-state index >= 15 is 0 Å². The topological polar surface area (TPSA) is 40.5 Å². The van der Waals surface area contributed by atoms with Gasteiger partial charge in [-0.05, 0) is 42.5 Å². The highest BCUT2D eigenvalue weighted by atomic mass is 16.3. The second-order valence-electron chi connectivity index (χ2n) is 4.81. The van der Waals surface area contributed by atoms with Gasteiger partial charge in [-0.1, -0.05) is 33.1 Å². The first kappa shape index (κ1) is 12.9. The van der Waals surface area contributed by atoms with Gasteiger partial charge in [-0.15, -0.1) is 0 Å². The maximum absolute atomic E-state index is 9.57. The number of benzene rings is 1. The van der Waals surface area contributed by atoms with Crippen LogP contribution in [0.25, 0.3) is 0 Å². The number of aryl methyl sites for hydroxylation is 1. The Morgan fingerprint density at radius 2 is 1.81 bits per heavy atom. The van der Waals surface area contributed by atoms with Gasteiger partial charge >= 0.3 is 0 Å². The summed E-state index contributed by atoms with van der Waals surface area (Å²) in [6, 6.07) is 4.72. The molecule has 0 fully saturated rings. The standard InChI is InChI=1S/C14H22O2/c1-11(2)6-4-3-5-7-12-10-13(15)8-9-14(12)16/h8-11,15-16H,3-7H2,1-2H3. The number of aromatic hydroxyl groups is 2. The summed E-state index contributed by atoms with van der Waals surface area (Å²) >= 11 is 0. The van der Waals surface area contributed by atoms with Gasteiger partial charge in [0, 0.05) is 0 Å². The zero-order chi connectivity index (χ0) is 12.0. The van der Waals surface area contributed by atoms with Crippen molar-refractivity contribution in [3.8, 4) is 11.5 Å². The lowest BCUT2D eigenvalue weighted by Gasteiger charge is -2.06. The highest BCUT2D eigenvalue weighted by Gasteiger charge is 2.02. The van der Waals surface area contributed by atoms with Crippen LogP contribution in [0.2, 0.25) is 0 Å². The molecule has 0 amide bonds. The largest absolute Gasteiger partial charge is 0.508 e. The predicted octanol–water partition coefficient (Wildman–Crippen LogP) is 3.86. The first-order valence-corrected chi connectivity index (χ1v) is 6.10. The fourth-order valence-corrected chi connectivity index (χ4v) is 1.82. The van der Waals surface area contributed by atoms with Crippen molar-refractivity contribution in [2.75, 3.05) is 0 Å². The smallest absolute Gasteiger partial charge is 0.119 e. The molecular weight excluding hydrogens is 200 g/mol. The van der Waals surface area contributed by atoms with Crippen molar-refractivity contribution in [1.29, 1.82) is 0 Å². The summed E-state index contributed by atoms with van der Waals surface area (Å²) in [6.45, 7) is 4.47. The number of unbranched alkanes of at least 4 members (excludes halogenated alkanes) is 2. The average Bonchev–Trinajstić information content (AvgIpc) is 2.22. The Morgan fingerprint density at radius 1 is 1.06 bits per heavy atom. The van der Waals surface area contributed by atoms with Gasteiger partial charge in [0.2, 0.25) is 0 Å². The van der Waals surface area contributed by atoms with Crippen molar-refractivity contribution in [3.05, 3.63) is 23.8 Å². The van der Waals surface area contributed by atoms with Crippen LogP contribution in [0.3, 0.4) is 0 Å². The molecule has 0 saturated heterocycles. The van der Waals surface area contributed by atoms with Gasteiger partial charge < -0.3 is 10.2 Å². The van der Waals surface area contributed by atoms with Crippen molar-refractivity contribution < 1.29 is 10.2 Å². The lowest BCUT2D eigenvalue weighted by Crippen LogP contribution is -1.90. The molecular formula is C14H22O2. The molecule has 16 heavy (non-hydrogen) atoms. The highest BCUT2D eigenvalue weighted by Crippen LogP contribution is 2.24. The summed E-state index contributed by atoms with van der Waals surface area (Å²) in [5, 5.41) is 18.9. The molecule has 2 heteroatoms. The number of rotatable bonds is 6. The molecule has 0 heterocycles. The molecule has 2 N–H and O–H groups in total. The summed E-state index contributed by atoms with van der Waals surface area (Å²) in [5.41, 5.74) is 0.851. The molecule has 0 radical (unpaired) electrons. The predicted molar refractivity (Wildman–Crippen MR) is 66.8 cm³/mol. The molecule has 90 valence electrons. The van der Waals surface area contributed by atoms with Crippen LogP contribution >= 0.6 is 0 Å². The lowest BCUT2D eigenvalue weighted by atomic mass is 10.0. The fraction of sp³-hybridized carbons (Fsp3) is 0.571. The molecule has 0 spiro atoms. The van der Waals surface area contributed by atoms with Crippen LogP contribution in [0.15, 0.2) is 18.2 Å². The first-order chi connectivity index (χ1) is 7.59. The number of phenolic OH excluding ortho intramolecular Hbond substituents is 2. The summed E-state index contributed by atoms with van der Waals surface area (Å²) in [7, 11) is 0. The number of hydrogen-bond acceptors (Lipinski definition) is 2. The van der Waals surface area contributed by atoms with E-state index in [0.717, 1.165) is 24.3 Å². The Labute approximate surface area is 97.9 Å². The Balaban J connectivity index is 2.29. The van der Waals surface area contributed by atoms with Gasteiger partial charge in [-0.25, -0.2) is 0 Å². The average molecular weight is 222 g/mol. The van der Waals surface area contributed by atoms with Crippen LogP contribution in [0.1, 0.15) is 45.1 Å². The van der Waals surface area contributed by atoms with Crippen molar-refractivity contribution in [1.82, 2.24) is 0 Å². The van der Waals surface area contributed by atoms with Gasteiger partial charge in [0.1, 0.15) is 11.5 Å². The molecule has 0 aromatic heterocycles. The van der Waals surface area contributed by atoms with Crippen LogP contribution < -0.4 is 0 Å². The van der Waals surface area contributed by atoms with Crippen LogP contribution in [-0.2, 0) is 6.42 Å². The van der Waals surface area contributed by atoms with E-state index < -0.39 is 0 Å². The minimum Gasteiger partial charge on any atom is -0.508 e. The van der Waals surface area contributed by atoms with E-state index in [1.165, 1.54) is 25.3 Å². The molecule has 0 unspecified atom stereocenters. The van der Waals surface area contributed by atoms with Crippen molar-refractivity contribution in [2.45, 2.75) is 46.0 Å². The molecule has 0 aliphatic heterocycles. The Hall–Kier alpha value is -1.18. The normalized spacial score (nSPS) is 10.9. The van der Waals surface area contributed by atoms with Gasteiger partial charge in [-0.3, -0.25) is 0 Å². The van der Waals surface area contributed by atoms with Crippen molar-refractivity contribution in [3.63, 3.8) is 0 Å². The van der Waals surface area contributed by atoms with Gasteiger partial charge in [-0.2, -0.15) is 0 Å². The summed E-state index contributed by atoms with van der Waals surface area (Å²) in [5.74, 6) is 1.30. The zero-order valence-electron chi connectivity index (χ0n) is 10.2. The Kier molecular flexibility index (Phi) is 5.17. The SMILES string of the molecule is CC(C)CCCCCc1cc(O)ccc1O. The maximum atomic E-state index is 9.57. The van der Waals surface area contributed by atoms with Gasteiger partial charge in [0.25, 0.3) is 0 Å². The van der Waals surface area contributed by atoms with E-state index in [9.17, 15) is 10.2 Å². The van der Waals surface area contributed by atoms with Gasteiger partial charge in [0.05, 0.1) is 0 Å². The van der Waals surface area contributed by atoms with Gasteiger partial charge in [0.15, 0.2) is 0 Å². The van der Waals surface area contributed by atoms with Crippen LogP contribution in [-0.4, -0.2) is 10.2 Å². The fourth-order valence-electron chi connectivity index (χ4n) is 1.82.